The van der Waals surface area contributed by atoms with E-state index in [0.717, 1.165) is 0 Å². The van der Waals surface area contributed by atoms with Gasteiger partial charge in [0.05, 0.1) is 25.3 Å². The van der Waals surface area contributed by atoms with E-state index in [2.05, 4.69) is 9.47 Å². The Labute approximate surface area is 137 Å². The summed E-state index contributed by atoms with van der Waals surface area (Å²) in [4.78, 5) is 34.3. The van der Waals surface area contributed by atoms with Crippen molar-refractivity contribution in [2.45, 2.75) is 0 Å². The van der Waals surface area contributed by atoms with Crippen molar-refractivity contribution in [3.05, 3.63) is 59.7 Å². The summed E-state index contributed by atoms with van der Waals surface area (Å²) in [6.45, 7) is 0. The number of rotatable bonds is 4. The minimum Gasteiger partial charge on any atom is -0.465 e. The minimum absolute atomic E-state index is 0.207. The largest absolute Gasteiger partial charge is 0.519 e. The van der Waals surface area contributed by atoms with E-state index in [1.807, 2.05) is 0 Å². The molecule has 0 aliphatic rings. The normalized spacial score (nSPS) is 9.75. The fourth-order valence-electron chi connectivity index (χ4n) is 1.77. The molecule has 0 aliphatic carbocycles. The maximum absolute atomic E-state index is 11.7. The Morgan fingerprint density at radius 3 is 1.25 bits per heavy atom. The topological polar surface area (TPSA) is 88.1 Å². The van der Waals surface area contributed by atoms with E-state index < -0.39 is 18.1 Å². The highest BCUT2D eigenvalue weighted by molar-refractivity contribution is 5.90. The molecule has 0 aliphatic heterocycles. The molecule has 24 heavy (non-hydrogen) atoms. The summed E-state index contributed by atoms with van der Waals surface area (Å²) in [6, 6.07) is 11.6. The van der Waals surface area contributed by atoms with Crippen LogP contribution >= 0.6 is 0 Å². The van der Waals surface area contributed by atoms with Gasteiger partial charge in [-0.15, -0.1) is 0 Å². The van der Waals surface area contributed by atoms with Crippen molar-refractivity contribution in [3.63, 3.8) is 0 Å². The van der Waals surface area contributed by atoms with Crippen LogP contribution in [0, 0.1) is 0 Å². The molecule has 0 bridgehead atoms. The van der Waals surface area contributed by atoms with Crippen molar-refractivity contribution >= 4 is 18.1 Å². The van der Waals surface area contributed by atoms with E-state index in [-0.39, 0.29) is 11.5 Å². The van der Waals surface area contributed by atoms with Crippen LogP contribution in [0.1, 0.15) is 20.7 Å². The number of carbonyl (C=O) groups excluding carboxylic acids is 3. The second-order valence-electron chi connectivity index (χ2n) is 4.49. The molecular formula is C17H14O7. The summed E-state index contributed by atoms with van der Waals surface area (Å²) in [6.07, 6.45) is -0.952. The zero-order chi connectivity index (χ0) is 17.5. The Kier molecular flexibility index (Phi) is 5.51. The number of hydrogen-bond donors (Lipinski definition) is 0. The van der Waals surface area contributed by atoms with Crippen LogP contribution in [0.2, 0.25) is 0 Å². The van der Waals surface area contributed by atoms with Crippen molar-refractivity contribution in [2.24, 2.45) is 0 Å². The summed E-state index contributed by atoms with van der Waals surface area (Å²) in [5.41, 5.74) is 0.660. The molecule has 7 heteroatoms. The third kappa shape index (κ3) is 4.33. The maximum atomic E-state index is 11.7. The summed E-state index contributed by atoms with van der Waals surface area (Å²) >= 11 is 0. The van der Waals surface area contributed by atoms with Gasteiger partial charge in [0.25, 0.3) is 0 Å². The van der Waals surface area contributed by atoms with E-state index >= 15 is 0 Å². The van der Waals surface area contributed by atoms with E-state index in [0.29, 0.717) is 11.1 Å². The Hall–Kier alpha value is -3.35. The fourth-order valence-corrected chi connectivity index (χ4v) is 1.77. The van der Waals surface area contributed by atoms with Crippen LogP contribution in [0.5, 0.6) is 11.5 Å². The number of carbonyl (C=O) groups is 3. The molecule has 2 aromatic rings. The van der Waals surface area contributed by atoms with E-state index in [9.17, 15) is 14.4 Å². The molecule has 0 saturated heterocycles. The van der Waals surface area contributed by atoms with Gasteiger partial charge in [0.1, 0.15) is 11.5 Å². The lowest BCUT2D eigenvalue weighted by atomic mass is 10.2. The van der Waals surface area contributed by atoms with Crippen LogP contribution in [0.15, 0.2) is 48.5 Å². The second kappa shape index (κ2) is 7.77. The first-order valence-electron chi connectivity index (χ1n) is 6.80. The van der Waals surface area contributed by atoms with Crippen molar-refractivity contribution in [1.82, 2.24) is 0 Å². The molecule has 2 aromatic carbocycles. The van der Waals surface area contributed by atoms with Crippen LogP contribution in [0.4, 0.5) is 4.79 Å². The molecule has 0 aromatic heterocycles. The third-order valence-corrected chi connectivity index (χ3v) is 2.95. The molecular weight excluding hydrogens is 316 g/mol. The van der Waals surface area contributed by atoms with Crippen LogP contribution < -0.4 is 9.47 Å². The van der Waals surface area contributed by atoms with Crippen molar-refractivity contribution in [1.29, 1.82) is 0 Å². The molecule has 0 radical (unpaired) electrons. The molecule has 0 fully saturated rings. The number of benzene rings is 2. The number of methoxy groups -OCH3 is 2. The van der Waals surface area contributed by atoms with Gasteiger partial charge in [-0.2, -0.15) is 0 Å². The lowest BCUT2D eigenvalue weighted by molar-refractivity contribution is 0.0592. The molecule has 0 spiro atoms. The molecule has 0 N–H and O–H groups in total. The Balaban J connectivity index is 1.95. The highest BCUT2D eigenvalue weighted by Gasteiger charge is 2.11. The van der Waals surface area contributed by atoms with E-state index in [1.165, 1.54) is 62.8 Å². The van der Waals surface area contributed by atoms with Crippen molar-refractivity contribution < 1.29 is 33.3 Å². The van der Waals surface area contributed by atoms with Gasteiger partial charge in [-0.1, -0.05) is 0 Å². The summed E-state index contributed by atoms with van der Waals surface area (Å²) in [5.74, 6) is -0.567. The highest BCUT2D eigenvalue weighted by atomic mass is 16.7. The second-order valence-corrected chi connectivity index (χ2v) is 4.49. The van der Waals surface area contributed by atoms with Gasteiger partial charge in [0.2, 0.25) is 0 Å². The standard InChI is InChI=1S/C17H14O7/c1-21-15(18)11-3-7-13(8-4-11)23-17(20)24-14-9-5-12(6-10-14)16(19)22-2/h3-10H,1-2H3. The third-order valence-electron chi connectivity index (χ3n) is 2.95. The first-order chi connectivity index (χ1) is 11.5. The molecule has 2 rings (SSSR count). The minimum atomic E-state index is -0.952. The zero-order valence-electron chi connectivity index (χ0n) is 13.0. The van der Waals surface area contributed by atoms with Crippen molar-refractivity contribution in [2.75, 3.05) is 14.2 Å². The first-order valence-corrected chi connectivity index (χ1v) is 6.80. The molecule has 0 atom stereocenters. The molecule has 0 amide bonds. The van der Waals surface area contributed by atoms with Gasteiger partial charge in [-0.3, -0.25) is 0 Å². The predicted octanol–water partition coefficient (Wildman–Crippen LogP) is 2.84. The predicted molar refractivity (Wildman–Crippen MR) is 82.2 cm³/mol. The molecule has 0 heterocycles. The smallest absolute Gasteiger partial charge is 0.465 e. The molecule has 0 unspecified atom stereocenters. The van der Waals surface area contributed by atoms with Crippen LogP contribution in [-0.2, 0) is 9.47 Å². The lowest BCUT2D eigenvalue weighted by Crippen LogP contribution is -2.14. The van der Waals surface area contributed by atoms with Gasteiger partial charge in [0, 0.05) is 0 Å². The number of esters is 2. The zero-order valence-corrected chi connectivity index (χ0v) is 13.0. The van der Waals surface area contributed by atoms with Crippen LogP contribution in [0.25, 0.3) is 0 Å². The average molecular weight is 330 g/mol. The quantitative estimate of drug-likeness (QED) is 0.629. The average Bonchev–Trinajstić information content (AvgIpc) is 2.61. The maximum Gasteiger partial charge on any atom is 0.519 e. The fraction of sp³-hybridized carbons (Fsp3) is 0.118. The number of ether oxygens (including phenoxy) is 4. The van der Waals surface area contributed by atoms with Gasteiger partial charge in [-0.25, -0.2) is 14.4 Å². The lowest BCUT2D eigenvalue weighted by Gasteiger charge is -2.06. The van der Waals surface area contributed by atoms with Crippen LogP contribution in [-0.4, -0.2) is 32.3 Å². The molecule has 124 valence electrons. The number of hydrogen-bond acceptors (Lipinski definition) is 7. The van der Waals surface area contributed by atoms with E-state index in [1.54, 1.807) is 0 Å². The van der Waals surface area contributed by atoms with Gasteiger partial charge >= 0.3 is 18.1 Å². The first kappa shape index (κ1) is 17.0. The van der Waals surface area contributed by atoms with Crippen LogP contribution in [0.3, 0.4) is 0 Å². The summed E-state index contributed by atoms with van der Waals surface area (Å²) in [5, 5.41) is 0. The van der Waals surface area contributed by atoms with E-state index in [4.69, 9.17) is 9.47 Å². The Morgan fingerprint density at radius 2 is 0.958 bits per heavy atom. The SMILES string of the molecule is COC(=O)c1ccc(OC(=O)Oc2ccc(C(=O)OC)cc2)cc1. The van der Waals surface area contributed by atoms with Crippen molar-refractivity contribution in [3.8, 4) is 11.5 Å². The van der Waals surface area contributed by atoms with Gasteiger partial charge in [-0.05, 0) is 48.5 Å². The summed E-state index contributed by atoms with van der Waals surface area (Å²) in [7, 11) is 2.55. The molecule has 0 saturated carbocycles. The van der Waals surface area contributed by atoms with Gasteiger partial charge < -0.3 is 18.9 Å². The monoisotopic (exact) mass is 330 g/mol. The Morgan fingerprint density at radius 1 is 0.625 bits per heavy atom. The highest BCUT2D eigenvalue weighted by Crippen LogP contribution is 2.16. The van der Waals surface area contributed by atoms with Gasteiger partial charge in [0.15, 0.2) is 0 Å². The summed E-state index contributed by atoms with van der Waals surface area (Å²) < 4.78 is 19.1. The Bertz CT molecular complexity index is 669. The molecule has 7 nitrogen and oxygen atoms in total.